The summed E-state index contributed by atoms with van der Waals surface area (Å²) in [6, 6.07) is 0. The van der Waals surface area contributed by atoms with Gasteiger partial charge >= 0.3 is 0 Å². The normalized spacial score (nSPS) is 33.0. The molecule has 3 unspecified atom stereocenters. The Kier molecular flexibility index (Phi) is 4.94. The monoisotopic (exact) mass is 358 g/mol. The van der Waals surface area contributed by atoms with Crippen LogP contribution in [0.25, 0.3) is 0 Å². The maximum absolute atomic E-state index is 13.2. The van der Waals surface area contributed by atoms with Crippen molar-refractivity contribution in [3.05, 3.63) is 0 Å². The highest BCUT2D eigenvalue weighted by Gasteiger charge is 2.51. The van der Waals surface area contributed by atoms with Gasteiger partial charge in [-0.1, -0.05) is 12.8 Å². The number of carbonyl (C=O) groups is 1. The molecule has 7 nitrogen and oxygen atoms in total. The fraction of sp³-hybridized carbons (Fsp3) is 0.938. The first-order chi connectivity index (χ1) is 11.2. The summed E-state index contributed by atoms with van der Waals surface area (Å²) < 4.78 is 28.6. The number of nitrogens with zero attached hydrogens (tertiary/aromatic N) is 2. The van der Waals surface area contributed by atoms with Gasteiger partial charge in [-0.2, -0.15) is 17.4 Å². The van der Waals surface area contributed by atoms with Crippen molar-refractivity contribution in [2.24, 2.45) is 23.5 Å². The largest absolute Gasteiger partial charge is 0.340 e. The number of carbonyl (C=O) groups excluding carboxylic acids is 1. The second-order valence-corrected chi connectivity index (χ2v) is 9.86. The van der Waals surface area contributed by atoms with E-state index in [1.165, 1.54) is 33.4 Å². The predicted octanol–water partition coefficient (Wildman–Crippen LogP) is 0.486. The molecule has 0 aromatic rings. The van der Waals surface area contributed by atoms with Gasteiger partial charge in [0.1, 0.15) is 0 Å². The lowest BCUT2D eigenvalue weighted by atomic mass is 9.74. The SMILES string of the molecule is CN(C)S(=O)(=O)NC(N)(C(=O)N1CCCC1)C1CC2CCC(C2)C1. The molecule has 1 amide bonds. The van der Waals surface area contributed by atoms with E-state index in [9.17, 15) is 13.2 Å². The molecule has 8 heteroatoms. The number of nitrogens with two attached hydrogens (primary N) is 1. The molecule has 2 saturated carbocycles. The van der Waals surface area contributed by atoms with Gasteiger partial charge in [-0.05, 0) is 43.9 Å². The first kappa shape index (κ1) is 18.1. The Hall–Kier alpha value is -0.700. The van der Waals surface area contributed by atoms with Crippen molar-refractivity contribution < 1.29 is 13.2 Å². The van der Waals surface area contributed by atoms with E-state index in [1.807, 2.05) is 0 Å². The van der Waals surface area contributed by atoms with Crippen LogP contribution < -0.4 is 10.5 Å². The topological polar surface area (TPSA) is 95.7 Å². The maximum Gasteiger partial charge on any atom is 0.280 e. The Bertz CT molecular complexity index is 576. The number of amides is 1. The molecule has 0 aromatic carbocycles. The highest BCUT2D eigenvalue weighted by Crippen LogP contribution is 2.47. The summed E-state index contributed by atoms with van der Waals surface area (Å²) in [4.78, 5) is 14.9. The van der Waals surface area contributed by atoms with Gasteiger partial charge in [0.15, 0.2) is 5.66 Å². The number of hydrogen-bond acceptors (Lipinski definition) is 4. The van der Waals surface area contributed by atoms with Gasteiger partial charge in [-0.3, -0.25) is 4.79 Å². The van der Waals surface area contributed by atoms with Crippen molar-refractivity contribution in [1.29, 1.82) is 0 Å². The molecule has 3 fully saturated rings. The smallest absolute Gasteiger partial charge is 0.280 e. The molecule has 2 bridgehead atoms. The van der Waals surface area contributed by atoms with Crippen LogP contribution in [0.15, 0.2) is 0 Å². The Morgan fingerprint density at radius 2 is 1.67 bits per heavy atom. The molecule has 3 aliphatic rings. The van der Waals surface area contributed by atoms with Gasteiger partial charge in [-0.25, -0.2) is 0 Å². The minimum Gasteiger partial charge on any atom is -0.340 e. The molecule has 3 rings (SSSR count). The first-order valence-corrected chi connectivity index (χ1v) is 10.5. The number of likely N-dealkylation sites (tertiary alicyclic amines) is 1. The predicted molar refractivity (Wildman–Crippen MR) is 92.0 cm³/mol. The third-order valence-corrected chi connectivity index (χ3v) is 7.61. The second-order valence-electron chi connectivity index (χ2n) is 7.97. The van der Waals surface area contributed by atoms with E-state index in [4.69, 9.17) is 5.73 Å². The van der Waals surface area contributed by atoms with Gasteiger partial charge in [-0.15, -0.1) is 0 Å². The number of fused-ring (bicyclic) bond motifs is 2. The van der Waals surface area contributed by atoms with Crippen LogP contribution in [0, 0.1) is 17.8 Å². The molecule has 138 valence electrons. The lowest BCUT2D eigenvalue weighted by Gasteiger charge is -2.42. The molecule has 0 aromatic heterocycles. The Morgan fingerprint density at radius 1 is 1.12 bits per heavy atom. The average Bonchev–Trinajstić information content (AvgIpc) is 3.15. The fourth-order valence-electron chi connectivity index (χ4n) is 4.67. The van der Waals surface area contributed by atoms with E-state index >= 15 is 0 Å². The Morgan fingerprint density at radius 3 is 2.17 bits per heavy atom. The lowest BCUT2D eigenvalue weighted by molar-refractivity contribution is -0.139. The molecular formula is C16H30N4O3S. The standard InChI is InChI=1S/C16H30N4O3S/c1-19(2)24(22,23)18-16(17,15(21)20-7-3-4-8-20)14-10-12-5-6-13(9-12)11-14/h12-14,18H,3-11,17H2,1-2H3. The van der Waals surface area contributed by atoms with Crippen LogP contribution in [0.5, 0.6) is 0 Å². The van der Waals surface area contributed by atoms with E-state index in [2.05, 4.69) is 4.72 Å². The molecule has 0 spiro atoms. The van der Waals surface area contributed by atoms with Crippen LogP contribution in [0.4, 0.5) is 0 Å². The van der Waals surface area contributed by atoms with E-state index in [0.29, 0.717) is 24.9 Å². The van der Waals surface area contributed by atoms with Gasteiger partial charge in [0, 0.05) is 33.1 Å². The minimum absolute atomic E-state index is 0.133. The van der Waals surface area contributed by atoms with Crippen molar-refractivity contribution in [2.45, 2.75) is 50.6 Å². The first-order valence-electron chi connectivity index (χ1n) is 9.02. The number of hydrogen-bond donors (Lipinski definition) is 2. The Balaban J connectivity index is 1.89. The summed E-state index contributed by atoms with van der Waals surface area (Å²) in [7, 11) is -0.879. The van der Waals surface area contributed by atoms with Crippen LogP contribution in [0.1, 0.15) is 44.9 Å². The molecule has 0 radical (unpaired) electrons. The third kappa shape index (κ3) is 3.34. The van der Waals surface area contributed by atoms with E-state index in [-0.39, 0.29) is 11.8 Å². The molecule has 3 atom stereocenters. The highest BCUT2D eigenvalue weighted by molar-refractivity contribution is 7.87. The van der Waals surface area contributed by atoms with E-state index in [1.54, 1.807) is 4.90 Å². The summed E-state index contributed by atoms with van der Waals surface area (Å²) in [5.41, 5.74) is 5.03. The zero-order chi connectivity index (χ0) is 17.5. The zero-order valence-corrected chi connectivity index (χ0v) is 15.5. The average molecular weight is 359 g/mol. The summed E-state index contributed by atoms with van der Waals surface area (Å²) in [6.07, 6.45) is 7.14. The van der Waals surface area contributed by atoms with Crippen molar-refractivity contribution in [2.75, 3.05) is 27.2 Å². The Labute approximate surface area is 145 Å². The molecule has 1 heterocycles. The van der Waals surface area contributed by atoms with Gasteiger partial charge in [0.2, 0.25) is 0 Å². The molecule has 1 saturated heterocycles. The summed E-state index contributed by atoms with van der Waals surface area (Å²) in [5, 5.41) is 0. The van der Waals surface area contributed by atoms with Gasteiger partial charge in [0.05, 0.1) is 0 Å². The van der Waals surface area contributed by atoms with Crippen molar-refractivity contribution in [3.8, 4) is 0 Å². The van der Waals surface area contributed by atoms with Crippen LogP contribution in [-0.4, -0.2) is 56.4 Å². The zero-order valence-electron chi connectivity index (χ0n) is 14.7. The summed E-state index contributed by atoms with van der Waals surface area (Å²) >= 11 is 0. The van der Waals surface area contributed by atoms with Crippen LogP contribution >= 0.6 is 0 Å². The quantitative estimate of drug-likeness (QED) is 0.699. The van der Waals surface area contributed by atoms with E-state index in [0.717, 1.165) is 30.0 Å². The van der Waals surface area contributed by atoms with Gasteiger partial charge in [0.25, 0.3) is 16.1 Å². The van der Waals surface area contributed by atoms with E-state index < -0.39 is 15.9 Å². The second kappa shape index (κ2) is 6.55. The molecule has 1 aliphatic heterocycles. The van der Waals surface area contributed by atoms with Gasteiger partial charge < -0.3 is 10.6 Å². The number of nitrogens with one attached hydrogen (secondary N) is 1. The highest BCUT2D eigenvalue weighted by atomic mass is 32.2. The summed E-state index contributed by atoms with van der Waals surface area (Å²) in [5.74, 6) is 0.766. The fourth-order valence-corrected chi connectivity index (χ4v) is 5.53. The molecule has 3 N–H and O–H groups in total. The van der Waals surface area contributed by atoms with Crippen LogP contribution in [0.3, 0.4) is 0 Å². The molecule has 2 aliphatic carbocycles. The van der Waals surface area contributed by atoms with Crippen molar-refractivity contribution in [1.82, 2.24) is 13.9 Å². The molecule has 24 heavy (non-hydrogen) atoms. The summed E-state index contributed by atoms with van der Waals surface area (Å²) in [6.45, 7) is 1.34. The third-order valence-electron chi connectivity index (χ3n) is 6.06. The molecular weight excluding hydrogens is 328 g/mol. The minimum atomic E-state index is -3.78. The van der Waals surface area contributed by atoms with Crippen LogP contribution in [0.2, 0.25) is 0 Å². The van der Waals surface area contributed by atoms with Crippen molar-refractivity contribution >= 4 is 16.1 Å². The maximum atomic E-state index is 13.2. The van der Waals surface area contributed by atoms with Crippen molar-refractivity contribution in [3.63, 3.8) is 0 Å². The van der Waals surface area contributed by atoms with Crippen LogP contribution in [-0.2, 0) is 15.0 Å². The number of rotatable bonds is 5. The lowest BCUT2D eigenvalue weighted by Crippen LogP contribution is -2.70.